The molecule has 27 heavy (non-hydrogen) atoms. The Labute approximate surface area is 156 Å². The standard InChI is InChI=1S/C20H21N3O4/c1-12(24)13-9-16(21-11-13)19(25)22-14-5-7-15(8-6-14)26-18-10-17(27-23-18)20(2,3)4/h5-11,21H,1-4H3,(H,22,25). The number of ether oxygens (including phenoxy) is 1. The molecule has 3 rings (SSSR count). The summed E-state index contributed by atoms with van der Waals surface area (Å²) in [5, 5.41) is 6.66. The van der Waals surface area contributed by atoms with Crippen LogP contribution in [-0.2, 0) is 5.41 Å². The molecule has 7 heteroatoms. The van der Waals surface area contributed by atoms with E-state index in [1.807, 2.05) is 20.8 Å². The fourth-order valence-electron chi connectivity index (χ4n) is 2.31. The summed E-state index contributed by atoms with van der Waals surface area (Å²) in [6.07, 6.45) is 1.51. The third-order valence-corrected chi connectivity index (χ3v) is 3.90. The number of Topliss-reactive ketones (excluding diaryl/α,β-unsaturated/α-hetero) is 1. The fourth-order valence-corrected chi connectivity index (χ4v) is 2.31. The lowest BCUT2D eigenvalue weighted by atomic mass is 9.94. The first-order chi connectivity index (χ1) is 12.7. The van der Waals surface area contributed by atoms with Crippen LogP contribution in [0.1, 0.15) is 54.3 Å². The molecule has 0 saturated heterocycles. The van der Waals surface area contributed by atoms with E-state index in [9.17, 15) is 9.59 Å². The molecule has 1 amide bonds. The van der Waals surface area contributed by atoms with Crippen LogP contribution in [0.3, 0.4) is 0 Å². The van der Waals surface area contributed by atoms with Gasteiger partial charge in [0, 0.05) is 28.9 Å². The molecule has 2 heterocycles. The number of carbonyl (C=O) groups excluding carboxylic acids is 2. The van der Waals surface area contributed by atoms with Gasteiger partial charge in [-0.05, 0) is 42.4 Å². The lowest BCUT2D eigenvalue weighted by Crippen LogP contribution is -2.12. The van der Waals surface area contributed by atoms with Crippen molar-refractivity contribution in [2.75, 3.05) is 5.32 Å². The summed E-state index contributed by atoms with van der Waals surface area (Å²) in [6.45, 7) is 7.53. The van der Waals surface area contributed by atoms with Crippen LogP contribution in [0.5, 0.6) is 11.6 Å². The van der Waals surface area contributed by atoms with Gasteiger partial charge in [0.25, 0.3) is 11.8 Å². The summed E-state index contributed by atoms with van der Waals surface area (Å²) >= 11 is 0. The van der Waals surface area contributed by atoms with Gasteiger partial charge < -0.3 is 19.6 Å². The average molecular weight is 367 g/mol. The number of hydrogen-bond acceptors (Lipinski definition) is 5. The van der Waals surface area contributed by atoms with Gasteiger partial charge in [-0.25, -0.2) is 0 Å². The van der Waals surface area contributed by atoms with Crippen LogP contribution in [0.2, 0.25) is 0 Å². The van der Waals surface area contributed by atoms with Gasteiger partial charge in [-0.1, -0.05) is 20.8 Å². The molecule has 0 spiro atoms. The number of aromatic amines is 1. The molecule has 0 radical (unpaired) electrons. The number of benzene rings is 1. The maximum Gasteiger partial charge on any atom is 0.272 e. The normalized spacial score (nSPS) is 11.3. The van der Waals surface area contributed by atoms with E-state index in [4.69, 9.17) is 9.26 Å². The summed E-state index contributed by atoms with van der Waals surface area (Å²) in [6, 6.07) is 10.1. The molecule has 140 valence electrons. The molecule has 0 atom stereocenters. The number of hydrogen-bond donors (Lipinski definition) is 2. The van der Waals surface area contributed by atoms with Crippen LogP contribution in [0.15, 0.2) is 47.1 Å². The van der Waals surface area contributed by atoms with Gasteiger partial charge in [0.05, 0.1) is 0 Å². The molecule has 2 N–H and O–H groups in total. The predicted molar refractivity (Wildman–Crippen MR) is 100 cm³/mol. The molecule has 3 aromatic rings. The smallest absolute Gasteiger partial charge is 0.272 e. The summed E-state index contributed by atoms with van der Waals surface area (Å²) in [7, 11) is 0. The highest BCUT2D eigenvalue weighted by Gasteiger charge is 2.20. The lowest BCUT2D eigenvalue weighted by molar-refractivity contribution is 0.101. The Balaban J connectivity index is 1.63. The Morgan fingerprint density at radius 2 is 1.85 bits per heavy atom. The molecule has 2 aromatic heterocycles. The van der Waals surface area contributed by atoms with E-state index in [0.717, 1.165) is 5.76 Å². The van der Waals surface area contributed by atoms with E-state index >= 15 is 0 Å². The second-order valence-electron chi connectivity index (χ2n) is 7.22. The maximum atomic E-state index is 12.2. The summed E-state index contributed by atoms with van der Waals surface area (Å²) < 4.78 is 11.0. The number of amides is 1. The molecule has 0 aliphatic rings. The second kappa shape index (κ2) is 7.11. The number of ketones is 1. The van der Waals surface area contributed by atoms with Crippen molar-refractivity contribution in [1.29, 1.82) is 0 Å². The van der Waals surface area contributed by atoms with Gasteiger partial charge in [-0.3, -0.25) is 9.59 Å². The quantitative estimate of drug-likeness (QED) is 0.645. The second-order valence-corrected chi connectivity index (χ2v) is 7.22. The van der Waals surface area contributed by atoms with Gasteiger partial charge in [0.2, 0.25) is 0 Å². The SMILES string of the molecule is CC(=O)c1c[nH]c(C(=O)Nc2ccc(Oc3cc(C(C)(C)C)on3)cc2)c1. The number of nitrogens with one attached hydrogen (secondary N) is 2. The van der Waals surface area contributed by atoms with Crippen molar-refractivity contribution in [3.8, 4) is 11.6 Å². The van der Waals surface area contributed by atoms with Crippen molar-refractivity contribution in [2.24, 2.45) is 0 Å². The molecule has 0 fully saturated rings. The highest BCUT2D eigenvalue weighted by molar-refractivity contribution is 6.05. The van der Waals surface area contributed by atoms with Gasteiger partial charge in [-0.15, -0.1) is 0 Å². The number of H-pyrrole nitrogens is 1. The largest absolute Gasteiger partial charge is 0.436 e. The zero-order valence-electron chi connectivity index (χ0n) is 15.6. The molecule has 0 bridgehead atoms. The zero-order valence-corrected chi connectivity index (χ0v) is 15.6. The van der Waals surface area contributed by atoms with Crippen molar-refractivity contribution in [2.45, 2.75) is 33.1 Å². The molecule has 0 aliphatic heterocycles. The summed E-state index contributed by atoms with van der Waals surface area (Å²) in [5.41, 5.74) is 1.23. The van der Waals surface area contributed by atoms with Crippen LogP contribution in [-0.4, -0.2) is 21.8 Å². The van der Waals surface area contributed by atoms with E-state index < -0.39 is 0 Å². The van der Waals surface area contributed by atoms with E-state index in [0.29, 0.717) is 28.6 Å². The van der Waals surface area contributed by atoms with Crippen LogP contribution in [0.25, 0.3) is 0 Å². The van der Waals surface area contributed by atoms with Gasteiger partial charge >= 0.3 is 0 Å². The van der Waals surface area contributed by atoms with Crippen LogP contribution < -0.4 is 10.1 Å². The first kappa shape index (κ1) is 18.4. The molecule has 0 unspecified atom stereocenters. The first-order valence-corrected chi connectivity index (χ1v) is 8.48. The van der Waals surface area contributed by atoms with E-state index in [1.165, 1.54) is 19.2 Å². The Morgan fingerprint density at radius 1 is 1.15 bits per heavy atom. The minimum absolute atomic E-state index is 0.103. The number of anilines is 1. The minimum atomic E-state index is -0.331. The molecule has 1 aromatic carbocycles. The lowest BCUT2D eigenvalue weighted by Gasteiger charge is -2.11. The van der Waals surface area contributed by atoms with Crippen molar-refractivity contribution < 1.29 is 18.8 Å². The highest BCUT2D eigenvalue weighted by atomic mass is 16.5. The third-order valence-electron chi connectivity index (χ3n) is 3.90. The minimum Gasteiger partial charge on any atom is -0.436 e. The Morgan fingerprint density at radius 3 is 2.41 bits per heavy atom. The molecule has 0 saturated carbocycles. The third kappa shape index (κ3) is 4.44. The van der Waals surface area contributed by atoms with Gasteiger partial charge in [0.15, 0.2) is 5.78 Å². The topological polar surface area (TPSA) is 97.2 Å². The zero-order chi connectivity index (χ0) is 19.6. The predicted octanol–water partition coefficient (Wildman–Crippen LogP) is 4.55. The van der Waals surface area contributed by atoms with Crippen molar-refractivity contribution >= 4 is 17.4 Å². The molecule has 0 aliphatic carbocycles. The molecular formula is C20H21N3O4. The number of aromatic nitrogens is 2. The maximum absolute atomic E-state index is 12.2. The first-order valence-electron chi connectivity index (χ1n) is 8.48. The van der Waals surface area contributed by atoms with Crippen molar-refractivity contribution in [3.63, 3.8) is 0 Å². The molecule has 7 nitrogen and oxygen atoms in total. The number of rotatable bonds is 5. The molecular weight excluding hydrogens is 346 g/mol. The van der Waals surface area contributed by atoms with Crippen molar-refractivity contribution in [3.05, 3.63) is 59.6 Å². The van der Waals surface area contributed by atoms with Crippen molar-refractivity contribution in [1.82, 2.24) is 10.1 Å². The number of nitrogens with zero attached hydrogens (tertiary/aromatic N) is 1. The summed E-state index contributed by atoms with van der Waals surface area (Å²) in [4.78, 5) is 26.3. The average Bonchev–Trinajstić information content (AvgIpc) is 3.25. The highest BCUT2D eigenvalue weighted by Crippen LogP contribution is 2.28. The van der Waals surface area contributed by atoms with E-state index in [1.54, 1.807) is 30.3 Å². The Hall–Kier alpha value is -3.35. The fraction of sp³-hybridized carbons (Fsp3) is 0.250. The van der Waals surface area contributed by atoms with E-state index in [2.05, 4.69) is 15.5 Å². The summed E-state index contributed by atoms with van der Waals surface area (Å²) in [5.74, 6) is 1.24. The Kier molecular flexibility index (Phi) is 4.85. The van der Waals surface area contributed by atoms with Crippen LogP contribution in [0, 0.1) is 0 Å². The van der Waals surface area contributed by atoms with Gasteiger partial charge in [0.1, 0.15) is 17.2 Å². The Bertz CT molecular complexity index is 962. The monoisotopic (exact) mass is 367 g/mol. The van der Waals surface area contributed by atoms with Gasteiger partial charge in [-0.2, -0.15) is 0 Å². The number of carbonyl (C=O) groups is 2. The van der Waals surface area contributed by atoms with Crippen LogP contribution >= 0.6 is 0 Å². The van der Waals surface area contributed by atoms with Crippen LogP contribution in [0.4, 0.5) is 5.69 Å². The van der Waals surface area contributed by atoms with E-state index in [-0.39, 0.29) is 17.1 Å².